The van der Waals surface area contributed by atoms with E-state index in [0.29, 0.717) is 16.7 Å². The number of aryl methyl sites for hydroxylation is 2. The molecule has 0 unspecified atom stereocenters. The van der Waals surface area contributed by atoms with Gasteiger partial charge in [-0.05, 0) is 26.0 Å². The summed E-state index contributed by atoms with van der Waals surface area (Å²) in [6.45, 7) is 3.97. The predicted molar refractivity (Wildman–Crippen MR) is 104 cm³/mol. The second kappa shape index (κ2) is 6.97. The number of nitrogens with zero attached hydrogens (tertiary/aromatic N) is 4. The summed E-state index contributed by atoms with van der Waals surface area (Å²) in [6.07, 6.45) is 0. The van der Waals surface area contributed by atoms with Crippen LogP contribution in [0, 0.1) is 13.8 Å². The van der Waals surface area contributed by atoms with E-state index in [9.17, 15) is 0 Å². The number of rotatable bonds is 5. The molecule has 0 saturated heterocycles. The van der Waals surface area contributed by atoms with Crippen LogP contribution in [0.25, 0.3) is 22.2 Å². The predicted octanol–water partition coefficient (Wildman–Crippen LogP) is 4.28. The number of furan rings is 1. The van der Waals surface area contributed by atoms with Gasteiger partial charge in [0.2, 0.25) is 5.16 Å². The number of nitrogen functional groups attached to an aromatic ring is 1. The maximum Gasteiger partial charge on any atom is 0.210 e. The molecule has 0 aliphatic rings. The molecular weight excluding hydrogens is 366 g/mol. The lowest BCUT2D eigenvalue weighted by Crippen LogP contribution is -2.11. The van der Waals surface area contributed by atoms with Gasteiger partial charge in [0.25, 0.3) is 0 Å². The standard InChI is InChI=1S/C18H17N5OS2/c1-11-3-6-13(7-4-11)16-21-22-18(23(16)19)26-10-14-9-25-17(20-14)15-8-5-12(2)24-15/h3-9H,10,19H2,1-2H3. The fourth-order valence-electron chi connectivity index (χ4n) is 2.45. The van der Waals surface area contributed by atoms with Gasteiger partial charge < -0.3 is 10.3 Å². The van der Waals surface area contributed by atoms with E-state index in [1.165, 1.54) is 22.0 Å². The van der Waals surface area contributed by atoms with Crippen molar-refractivity contribution in [1.29, 1.82) is 0 Å². The van der Waals surface area contributed by atoms with Crippen LogP contribution in [0.2, 0.25) is 0 Å². The first-order valence-electron chi connectivity index (χ1n) is 8.01. The van der Waals surface area contributed by atoms with Gasteiger partial charge in [0, 0.05) is 16.7 Å². The Morgan fingerprint density at radius 1 is 1.12 bits per heavy atom. The Labute approximate surface area is 159 Å². The molecule has 0 atom stereocenters. The molecule has 3 aromatic heterocycles. The Balaban J connectivity index is 1.47. The normalized spacial score (nSPS) is 11.2. The third kappa shape index (κ3) is 3.38. The van der Waals surface area contributed by atoms with Crippen LogP contribution in [0.5, 0.6) is 0 Å². The van der Waals surface area contributed by atoms with E-state index < -0.39 is 0 Å². The van der Waals surface area contributed by atoms with Crippen molar-refractivity contribution < 1.29 is 4.42 Å². The average Bonchev–Trinajstić information content (AvgIpc) is 3.34. The number of hydrogen-bond acceptors (Lipinski definition) is 7. The van der Waals surface area contributed by atoms with Crippen LogP contribution in [-0.2, 0) is 5.75 Å². The van der Waals surface area contributed by atoms with Gasteiger partial charge in [-0.25, -0.2) is 9.66 Å². The van der Waals surface area contributed by atoms with E-state index >= 15 is 0 Å². The first kappa shape index (κ1) is 16.9. The monoisotopic (exact) mass is 383 g/mol. The molecule has 4 aromatic rings. The molecule has 0 amide bonds. The second-order valence-corrected chi connectivity index (χ2v) is 7.69. The van der Waals surface area contributed by atoms with Crippen molar-refractivity contribution in [3.05, 3.63) is 58.8 Å². The number of benzene rings is 1. The molecule has 0 bridgehead atoms. The molecule has 3 heterocycles. The molecule has 0 aliphatic carbocycles. The summed E-state index contributed by atoms with van der Waals surface area (Å²) in [7, 11) is 0. The van der Waals surface area contributed by atoms with Crippen molar-refractivity contribution in [3.63, 3.8) is 0 Å². The highest BCUT2D eigenvalue weighted by atomic mass is 32.2. The van der Waals surface area contributed by atoms with Crippen LogP contribution in [0.4, 0.5) is 0 Å². The van der Waals surface area contributed by atoms with Crippen molar-refractivity contribution >= 4 is 23.1 Å². The molecule has 0 fully saturated rings. The zero-order chi connectivity index (χ0) is 18.1. The quantitative estimate of drug-likeness (QED) is 0.409. The summed E-state index contributed by atoms with van der Waals surface area (Å²) in [6, 6.07) is 11.9. The highest BCUT2D eigenvalue weighted by Gasteiger charge is 2.14. The third-order valence-corrected chi connectivity index (χ3v) is 5.71. The third-order valence-electron chi connectivity index (χ3n) is 3.83. The average molecular weight is 384 g/mol. The minimum atomic E-state index is 0.650. The number of thiazole rings is 1. The van der Waals surface area contributed by atoms with Crippen LogP contribution in [0.15, 0.2) is 51.4 Å². The fourth-order valence-corrected chi connectivity index (χ4v) is 4.08. The van der Waals surface area contributed by atoms with E-state index in [-0.39, 0.29) is 0 Å². The minimum Gasteiger partial charge on any atom is -0.459 e. The van der Waals surface area contributed by atoms with Crippen LogP contribution in [-0.4, -0.2) is 19.9 Å². The van der Waals surface area contributed by atoms with Crippen LogP contribution < -0.4 is 5.84 Å². The SMILES string of the molecule is Cc1ccc(-c2nnc(SCc3csc(-c4ccc(C)o4)n3)n2N)cc1. The van der Waals surface area contributed by atoms with Gasteiger partial charge in [0.15, 0.2) is 16.6 Å². The van der Waals surface area contributed by atoms with E-state index in [0.717, 1.165) is 27.8 Å². The zero-order valence-corrected chi connectivity index (χ0v) is 16.0. The van der Waals surface area contributed by atoms with Gasteiger partial charge in [-0.1, -0.05) is 41.6 Å². The van der Waals surface area contributed by atoms with E-state index in [1.54, 1.807) is 11.3 Å². The lowest BCUT2D eigenvalue weighted by Gasteiger charge is -2.03. The number of nitrogens with two attached hydrogens (primary N) is 1. The molecule has 1 aromatic carbocycles. The summed E-state index contributed by atoms with van der Waals surface area (Å²) in [5.74, 6) is 9.17. The molecule has 0 aliphatic heterocycles. The molecule has 0 radical (unpaired) electrons. The smallest absolute Gasteiger partial charge is 0.210 e. The molecule has 4 rings (SSSR count). The van der Waals surface area contributed by atoms with Crippen LogP contribution in [0.3, 0.4) is 0 Å². The van der Waals surface area contributed by atoms with Gasteiger partial charge in [0.05, 0.1) is 5.69 Å². The number of hydrogen-bond donors (Lipinski definition) is 1. The Morgan fingerprint density at radius 3 is 2.65 bits per heavy atom. The Kier molecular flexibility index (Phi) is 4.52. The lowest BCUT2D eigenvalue weighted by atomic mass is 10.1. The molecule has 2 N–H and O–H groups in total. The highest BCUT2D eigenvalue weighted by molar-refractivity contribution is 7.98. The highest BCUT2D eigenvalue weighted by Crippen LogP contribution is 2.29. The molecule has 0 spiro atoms. The van der Waals surface area contributed by atoms with Crippen molar-refractivity contribution in [2.75, 3.05) is 5.84 Å². The molecule has 0 saturated carbocycles. The summed E-state index contributed by atoms with van der Waals surface area (Å²) < 4.78 is 7.15. The Bertz CT molecular complexity index is 1030. The second-order valence-electron chi connectivity index (χ2n) is 5.89. The van der Waals surface area contributed by atoms with E-state index in [1.807, 2.05) is 55.6 Å². The van der Waals surface area contributed by atoms with E-state index in [2.05, 4.69) is 15.2 Å². The molecular formula is C18H17N5OS2. The van der Waals surface area contributed by atoms with Gasteiger partial charge in [-0.15, -0.1) is 21.5 Å². The summed E-state index contributed by atoms with van der Waals surface area (Å²) in [5, 5.41) is 12.0. The van der Waals surface area contributed by atoms with E-state index in [4.69, 9.17) is 10.3 Å². The lowest BCUT2D eigenvalue weighted by molar-refractivity contribution is 0.548. The van der Waals surface area contributed by atoms with Crippen molar-refractivity contribution in [2.45, 2.75) is 24.8 Å². The van der Waals surface area contributed by atoms with Crippen LogP contribution >= 0.6 is 23.1 Å². The Hall–Kier alpha value is -2.58. The van der Waals surface area contributed by atoms with Gasteiger partial charge in [-0.2, -0.15) is 0 Å². The van der Waals surface area contributed by atoms with Crippen molar-refractivity contribution in [3.8, 4) is 22.2 Å². The molecule has 26 heavy (non-hydrogen) atoms. The first-order chi connectivity index (χ1) is 12.6. The maximum absolute atomic E-state index is 6.17. The molecule has 8 heteroatoms. The minimum absolute atomic E-state index is 0.650. The van der Waals surface area contributed by atoms with Crippen molar-refractivity contribution in [1.82, 2.24) is 19.9 Å². The maximum atomic E-state index is 6.17. The fraction of sp³-hybridized carbons (Fsp3) is 0.167. The molecule has 132 valence electrons. The van der Waals surface area contributed by atoms with Gasteiger partial charge >= 0.3 is 0 Å². The zero-order valence-electron chi connectivity index (χ0n) is 14.3. The van der Waals surface area contributed by atoms with Crippen LogP contribution in [0.1, 0.15) is 17.0 Å². The number of thioether (sulfide) groups is 1. The first-order valence-corrected chi connectivity index (χ1v) is 9.88. The molecule has 6 nitrogen and oxygen atoms in total. The summed E-state index contributed by atoms with van der Waals surface area (Å²) >= 11 is 3.08. The number of aromatic nitrogens is 4. The van der Waals surface area contributed by atoms with Gasteiger partial charge in [-0.3, -0.25) is 0 Å². The van der Waals surface area contributed by atoms with Gasteiger partial charge in [0.1, 0.15) is 5.76 Å². The topological polar surface area (TPSA) is 82.8 Å². The largest absolute Gasteiger partial charge is 0.459 e. The Morgan fingerprint density at radius 2 is 1.92 bits per heavy atom. The summed E-state index contributed by atoms with van der Waals surface area (Å²) in [5.41, 5.74) is 3.10. The summed E-state index contributed by atoms with van der Waals surface area (Å²) in [4.78, 5) is 4.62. The van der Waals surface area contributed by atoms with Crippen molar-refractivity contribution in [2.24, 2.45) is 0 Å².